The molecule has 1 aromatic heterocycles. The van der Waals surface area contributed by atoms with Gasteiger partial charge >= 0.3 is 18.4 Å². The second-order valence-electron chi connectivity index (χ2n) is 9.84. The van der Waals surface area contributed by atoms with Gasteiger partial charge in [-0.05, 0) is 54.7 Å². The molecular weight excluding hydrogens is 646 g/mol. The Kier molecular flexibility index (Phi) is 10.9. The molecule has 0 bridgehead atoms. The number of rotatable bonds is 9. The van der Waals surface area contributed by atoms with Crippen LogP contribution >= 0.6 is 34.5 Å². The monoisotopic (exact) mass is 673 g/mol. The summed E-state index contributed by atoms with van der Waals surface area (Å²) in [5.74, 6) is -1.32. The third-order valence-corrected chi connectivity index (χ3v) is 8.69. The molecule has 1 aliphatic rings. The van der Waals surface area contributed by atoms with Gasteiger partial charge in [-0.3, -0.25) is 4.79 Å². The van der Waals surface area contributed by atoms with Crippen molar-refractivity contribution < 1.29 is 41.8 Å². The van der Waals surface area contributed by atoms with Gasteiger partial charge in [0.1, 0.15) is 22.4 Å². The summed E-state index contributed by atoms with van der Waals surface area (Å²) in [5.41, 5.74) is 0.647. The number of methoxy groups -OCH3 is 2. The van der Waals surface area contributed by atoms with Crippen LogP contribution in [0.25, 0.3) is 10.4 Å². The number of hydrogen-bond acceptors (Lipinski definition) is 7. The number of urea groups is 1. The third kappa shape index (κ3) is 8.48. The minimum Gasteiger partial charge on any atom is -0.497 e. The summed E-state index contributed by atoms with van der Waals surface area (Å²) in [6.07, 6.45) is -0.566. The predicted octanol–water partition coefficient (Wildman–Crippen LogP) is 8.12. The van der Waals surface area contributed by atoms with Crippen molar-refractivity contribution in [2.45, 2.75) is 44.5 Å². The van der Waals surface area contributed by atoms with E-state index in [1.54, 1.807) is 30.3 Å². The molecule has 0 spiro atoms. The molecule has 0 unspecified atom stereocenters. The molecule has 0 radical (unpaired) electrons. The molecule has 1 saturated carbocycles. The summed E-state index contributed by atoms with van der Waals surface area (Å²) < 4.78 is 51.9. The van der Waals surface area contributed by atoms with Gasteiger partial charge in [-0.15, -0.1) is 24.5 Å². The number of esters is 1. The Labute approximate surface area is 265 Å². The first-order valence-corrected chi connectivity index (χ1v) is 15.0. The van der Waals surface area contributed by atoms with Crippen molar-refractivity contribution in [3.8, 4) is 21.9 Å². The minimum atomic E-state index is -4.97. The van der Waals surface area contributed by atoms with E-state index in [4.69, 9.17) is 32.7 Å². The second-order valence-corrected chi connectivity index (χ2v) is 11.7. The van der Waals surface area contributed by atoms with E-state index in [2.05, 4.69) is 20.7 Å². The highest BCUT2D eigenvalue weighted by Crippen LogP contribution is 2.39. The number of anilines is 2. The highest BCUT2D eigenvalue weighted by atomic mass is 35.5. The summed E-state index contributed by atoms with van der Waals surface area (Å²) >= 11 is 13.3. The zero-order valence-electron chi connectivity index (χ0n) is 23.5. The van der Waals surface area contributed by atoms with Gasteiger partial charge in [0, 0.05) is 17.0 Å². The van der Waals surface area contributed by atoms with Crippen LogP contribution in [0.5, 0.6) is 11.5 Å². The van der Waals surface area contributed by atoms with Crippen LogP contribution in [-0.2, 0) is 9.53 Å². The fourth-order valence-electron chi connectivity index (χ4n) is 4.85. The summed E-state index contributed by atoms with van der Waals surface area (Å²) in [4.78, 5) is 40.1. The average Bonchev–Trinajstić information content (AvgIpc) is 3.40. The Morgan fingerprint density at radius 1 is 0.932 bits per heavy atom. The van der Waals surface area contributed by atoms with Crippen molar-refractivity contribution in [1.29, 1.82) is 0 Å². The van der Waals surface area contributed by atoms with Gasteiger partial charge in [-0.25, -0.2) is 9.59 Å². The number of amides is 3. The number of hydrogen-bond donors (Lipinski definition) is 3. The summed E-state index contributed by atoms with van der Waals surface area (Å²) in [6.45, 7) is 0. The summed E-state index contributed by atoms with van der Waals surface area (Å²) in [6, 6.07) is 8.54. The van der Waals surface area contributed by atoms with Gasteiger partial charge < -0.3 is 30.2 Å². The van der Waals surface area contributed by atoms with Crippen molar-refractivity contribution in [2.75, 3.05) is 24.9 Å². The van der Waals surface area contributed by atoms with Gasteiger partial charge in [-0.1, -0.05) is 42.5 Å². The topological polar surface area (TPSA) is 115 Å². The molecule has 0 saturated heterocycles. The van der Waals surface area contributed by atoms with Crippen LogP contribution in [-0.4, -0.2) is 44.5 Å². The lowest BCUT2D eigenvalue weighted by atomic mass is 9.84. The van der Waals surface area contributed by atoms with Crippen LogP contribution in [0.2, 0.25) is 10.0 Å². The lowest BCUT2D eigenvalue weighted by Gasteiger charge is -2.29. The molecule has 2 aromatic carbocycles. The minimum absolute atomic E-state index is 0.0989. The number of carbonyl (C=O) groups is 3. The van der Waals surface area contributed by atoms with E-state index in [9.17, 15) is 27.6 Å². The van der Waals surface area contributed by atoms with Crippen LogP contribution in [0, 0.1) is 5.92 Å². The zero-order valence-corrected chi connectivity index (χ0v) is 25.8. The SMILES string of the molecule is COC(=O)[C@@H](NC(=O)c1sc(-c2ccc(OC)cc2)cc1NC(=O)Nc1c(Cl)cc(OC(F)(F)F)cc1Cl)C1CCCCC1. The second kappa shape index (κ2) is 14.4. The molecule has 1 aliphatic carbocycles. The molecule has 1 heterocycles. The third-order valence-electron chi connectivity index (χ3n) is 6.91. The van der Waals surface area contributed by atoms with E-state index in [1.807, 2.05) is 0 Å². The molecule has 3 N–H and O–H groups in total. The first-order valence-electron chi connectivity index (χ1n) is 13.4. The van der Waals surface area contributed by atoms with Crippen LogP contribution in [0.3, 0.4) is 0 Å². The van der Waals surface area contributed by atoms with Crippen molar-refractivity contribution in [3.05, 3.63) is 57.4 Å². The molecule has 0 aliphatic heterocycles. The van der Waals surface area contributed by atoms with Crippen molar-refractivity contribution in [1.82, 2.24) is 5.32 Å². The molecule has 1 fully saturated rings. The molecule has 44 heavy (non-hydrogen) atoms. The Morgan fingerprint density at radius 2 is 1.57 bits per heavy atom. The Bertz CT molecular complexity index is 1490. The largest absolute Gasteiger partial charge is 0.573 e. The van der Waals surface area contributed by atoms with Gasteiger partial charge in [0.15, 0.2) is 0 Å². The molecule has 4 rings (SSSR count). The Balaban J connectivity index is 1.62. The summed E-state index contributed by atoms with van der Waals surface area (Å²) in [7, 11) is 2.79. The number of carbonyl (C=O) groups excluding carboxylic acids is 3. The number of benzene rings is 2. The molecular formula is C29H28Cl2F3N3O6S. The lowest BCUT2D eigenvalue weighted by Crippen LogP contribution is -2.47. The zero-order chi connectivity index (χ0) is 32.0. The maximum Gasteiger partial charge on any atom is 0.573 e. The number of nitrogens with one attached hydrogen (secondary N) is 3. The van der Waals surface area contributed by atoms with Crippen molar-refractivity contribution >= 4 is 63.8 Å². The van der Waals surface area contributed by atoms with E-state index >= 15 is 0 Å². The van der Waals surface area contributed by atoms with Gasteiger partial charge in [0.2, 0.25) is 0 Å². The quantitative estimate of drug-likeness (QED) is 0.198. The Hall–Kier alpha value is -3.68. The van der Waals surface area contributed by atoms with Gasteiger partial charge in [0.05, 0.1) is 35.6 Å². The average molecular weight is 675 g/mol. The molecule has 1 atom stereocenters. The van der Waals surface area contributed by atoms with Crippen LogP contribution in [0.4, 0.5) is 29.3 Å². The lowest BCUT2D eigenvalue weighted by molar-refractivity contribution is -0.274. The molecule has 3 aromatic rings. The fraction of sp³-hybridized carbons (Fsp3) is 0.345. The smallest absolute Gasteiger partial charge is 0.497 e. The van der Waals surface area contributed by atoms with E-state index < -0.39 is 36.1 Å². The maximum absolute atomic E-state index is 13.6. The highest BCUT2D eigenvalue weighted by molar-refractivity contribution is 7.18. The number of halogens is 5. The van der Waals surface area contributed by atoms with Crippen LogP contribution in [0.1, 0.15) is 41.8 Å². The molecule has 236 valence electrons. The van der Waals surface area contributed by atoms with Crippen LogP contribution < -0.4 is 25.4 Å². The van der Waals surface area contributed by atoms with E-state index in [-0.39, 0.29) is 32.2 Å². The number of thiophene rings is 1. The normalized spacial score (nSPS) is 14.3. The maximum atomic E-state index is 13.6. The van der Waals surface area contributed by atoms with Crippen LogP contribution in [0.15, 0.2) is 42.5 Å². The first kappa shape index (κ1) is 33.2. The molecule has 15 heteroatoms. The van der Waals surface area contributed by atoms with Crippen molar-refractivity contribution in [3.63, 3.8) is 0 Å². The van der Waals surface area contributed by atoms with E-state index in [0.717, 1.165) is 61.1 Å². The van der Waals surface area contributed by atoms with Gasteiger partial charge in [0.25, 0.3) is 5.91 Å². The highest BCUT2D eigenvalue weighted by Gasteiger charge is 2.34. The first-order chi connectivity index (χ1) is 20.9. The Morgan fingerprint density at radius 3 is 2.14 bits per heavy atom. The fourth-order valence-corrected chi connectivity index (χ4v) is 6.43. The molecule has 3 amide bonds. The predicted molar refractivity (Wildman–Crippen MR) is 162 cm³/mol. The molecule has 9 nitrogen and oxygen atoms in total. The number of ether oxygens (including phenoxy) is 3. The van der Waals surface area contributed by atoms with E-state index in [1.165, 1.54) is 14.2 Å². The van der Waals surface area contributed by atoms with E-state index in [0.29, 0.717) is 10.6 Å². The number of alkyl halides is 3. The van der Waals surface area contributed by atoms with Gasteiger partial charge in [-0.2, -0.15) is 0 Å². The standard InChI is InChI=1S/C29H28Cl2F3N3O6S/c1-41-17-10-8-15(9-11-17)22-14-21(25(44-22)26(38)36-23(27(39)42-2)16-6-4-3-5-7-16)35-28(40)37-24-19(30)12-18(13-20(24)31)43-29(32,33)34/h8-14,16,23H,3-7H2,1-2H3,(H,36,38)(H2,35,37,40)/t23-/m0/s1. The summed E-state index contributed by atoms with van der Waals surface area (Å²) in [5, 5.41) is 7.15. The van der Waals surface area contributed by atoms with Crippen molar-refractivity contribution in [2.24, 2.45) is 5.92 Å².